The molecule has 1 aromatic rings. The molecule has 1 aromatic carbocycles. The number of carbonyl (C=O) groups is 2. The molecule has 2 atom stereocenters. The minimum atomic E-state index is -0.397. The van der Waals surface area contributed by atoms with Crippen LogP contribution in [0.15, 0.2) is 24.3 Å². The summed E-state index contributed by atoms with van der Waals surface area (Å²) < 4.78 is 13.2. The molecule has 2 amide bonds. The van der Waals surface area contributed by atoms with Gasteiger partial charge in [0.1, 0.15) is 5.82 Å². The molecule has 1 aliphatic heterocycles. The highest BCUT2D eigenvalue weighted by Crippen LogP contribution is 2.19. The van der Waals surface area contributed by atoms with Crippen molar-refractivity contribution in [3.63, 3.8) is 0 Å². The van der Waals surface area contributed by atoms with Gasteiger partial charge in [0.05, 0.1) is 6.04 Å². The number of carbonyl (C=O) groups excluding carboxylic acids is 2. The zero-order valence-electron chi connectivity index (χ0n) is 10.8. The normalized spacial score (nSPS) is 21.1. The van der Waals surface area contributed by atoms with Crippen molar-refractivity contribution in [3.8, 4) is 0 Å². The first-order valence-corrected chi connectivity index (χ1v) is 6.45. The molecule has 1 fully saturated rings. The van der Waals surface area contributed by atoms with Crippen molar-refractivity contribution in [1.29, 1.82) is 0 Å². The summed E-state index contributed by atoms with van der Waals surface area (Å²) in [6.07, 6.45) is 1.56. The van der Waals surface area contributed by atoms with Gasteiger partial charge in [-0.25, -0.2) is 4.39 Å². The Balaban J connectivity index is 2.07. The Hall–Kier alpha value is -1.75. The van der Waals surface area contributed by atoms with Crippen LogP contribution in [0.2, 0.25) is 0 Å². The summed E-state index contributed by atoms with van der Waals surface area (Å²) in [5, 5.41) is 5.50. The van der Waals surface area contributed by atoms with Crippen LogP contribution >= 0.6 is 0 Å². The van der Waals surface area contributed by atoms with E-state index in [1.54, 1.807) is 6.07 Å². The van der Waals surface area contributed by atoms with Crippen molar-refractivity contribution in [1.82, 2.24) is 10.6 Å². The smallest absolute Gasteiger partial charge is 0.243 e. The van der Waals surface area contributed by atoms with Crippen LogP contribution in [-0.2, 0) is 9.59 Å². The molecule has 0 aromatic heterocycles. The molecular weight excluding hydrogens is 247 g/mol. The van der Waals surface area contributed by atoms with Crippen molar-refractivity contribution in [2.45, 2.75) is 38.3 Å². The minimum absolute atomic E-state index is 0.0975. The zero-order chi connectivity index (χ0) is 13.8. The number of halogens is 1. The molecule has 1 saturated heterocycles. The van der Waals surface area contributed by atoms with E-state index in [4.69, 9.17) is 0 Å². The van der Waals surface area contributed by atoms with Crippen molar-refractivity contribution in [2.24, 2.45) is 0 Å². The van der Waals surface area contributed by atoms with E-state index in [1.807, 2.05) is 13.0 Å². The van der Waals surface area contributed by atoms with E-state index in [0.29, 0.717) is 12.8 Å². The number of nitrogens with one attached hydrogen (secondary N) is 2. The summed E-state index contributed by atoms with van der Waals surface area (Å²) in [6.45, 7) is 1.97. The third-order valence-electron chi connectivity index (χ3n) is 3.30. The van der Waals surface area contributed by atoms with Crippen molar-refractivity contribution in [3.05, 3.63) is 35.6 Å². The fraction of sp³-hybridized carbons (Fsp3) is 0.429. The molecular formula is C14H17FN2O2. The van der Waals surface area contributed by atoms with Gasteiger partial charge in [0.15, 0.2) is 0 Å². The van der Waals surface area contributed by atoms with Gasteiger partial charge in [0.2, 0.25) is 11.8 Å². The van der Waals surface area contributed by atoms with E-state index in [-0.39, 0.29) is 23.7 Å². The molecule has 4 nitrogen and oxygen atoms in total. The largest absolute Gasteiger partial charge is 0.299 e. The van der Waals surface area contributed by atoms with Gasteiger partial charge in [-0.2, -0.15) is 0 Å². The number of rotatable bonds is 4. The number of hydrogen-bond acceptors (Lipinski definition) is 3. The van der Waals surface area contributed by atoms with Crippen LogP contribution < -0.4 is 10.6 Å². The lowest BCUT2D eigenvalue weighted by Gasteiger charge is -2.27. The average molecular weight is 264 g/mol. The van der Waals surface area contributed by atoms with Gasteiger partial charge in [-0.1, -0.05) is 19.1 Å². The molecule has 102 valence electrons. The van der Waals surface area contributed by atoms with E-state index in [0.717, 1.165) is 12.0 Å². The van der Waals surface area contributed by atoms with Crippen LogP contribution in [0.25, 0.3) is 0 Å². The van der Waals surface area contributed by atoms with Crippen LogP contribution in [0.3, 0.4) is 0 Å². The topological polar surface area (TPSA) is 58.2 Å². The second kappa shape index (κ2) is 5.93. The molecule has 19 heavy (non-hydrogen) atoms. The average Bonchev–Trinajstić information content (AvgIpc) is 2.38. The highest BCUT2D eigenvalue weighted by molar-refractivity contribution is 6.00. The van der Waals surface area contributed by atoms with Gasteiger partial charge in [-0.3, -0.25) is 20.2 Å². The Morgan fingerprint density at radius 2 is 2.26 bits per heavy atom. The van der Waals surface area contributed by atoms with E-state index in [1.165, 1.54) is 12.1 Å². The number of amides is 2. The maximum absolute atomic E-state index is 13.2. The van der Waals surface area contributed by atoms with Gasteiger partial charge in [0.25, 0.3) is 0 Å². The number of hydrogen-bond donors (Lipinski definition) is 2. The predicted molar refractivity (Wildman–Crippen MR) is 68.7 cm³/mol. The van der Waals surface area contributed by atoms with Crippen molar-refractivity contribution < 1.29 is 14.0 Å². The van der Waals surface area contributed by atoms with E-state index in [9.17, 15) is 14.0 Å². The minimum Gasteiger partial charge on any atom is -0.299 e. The maximum atomic E-state index is 13.2. The molecule has 2 unspecified atom stereocenters. The fourth-order valence-corrected chi connectivity index (χ4v) is 2.27. The summed E-state index contributed by atoms with van der Waals surface area (Å²) in [5.41, 5.74) is 0.812. The molecule has 0 radical (unpaired) electrons. The fourth-order valence-electron chi connectivity index (χ4n) is 2.27. The Bertz CT molecular complexity index is 490. The first-order chi connectivity index (χ1) is 9.10. The van der Waals surface area contributed by atoms with E-state index >= 15 is 0 Å². The first-order valence-electron chi connectivity index (χ1n) is 6.45. The summed E-state index contributed by atoms with van der Waals surface area (Å²) in [4.78, 5) is 22.8. The van der Waals surface area contributed by atoms with Crippen LogP contribution in [0.1, 0.15) is 37.8 Å². The second-order valence-corrected chi connectivity index (χ2v) is 4.69. The lowest BCUT2D eigenvalue weighted by Crippen LogP contribution is -2.51. The summed E-state index contributed by atoms with van der Waals surface area (Å²) >= 11 is 0. The van der Waals surface area contributed by atoms with E-state index < -0.39 is 6.04 Å². The molecule has 0 spiro atoms. The Labute approximate surface area is 111 Å². The summed E-state index contributed by atoms with van der Waals surface area (Å²) in [5.74, 6) is -0.825. The Morgan fingerprint density at radius 3 is 2.89 bits per heavy atom. The summed E-state index contributed by atoms with van der Waals surface area (Å²) in [6, 6.07) is 5.84. The van der Waals surface area contributed by atoms with Gasteiger partial charge >= 0.3 is 0 Å². The quantitative estimate of drug-likeness (QED) is 0.813. The van der Waals surface area contributed by atoms with Crippen molar-refractivity contribution >= 4 is 11.8 Å². The van der Waals surface area contributed by atoms with Gasteiger partial charge in [0, 0.05) is 12.5 Å². The predicted octanol–water partition coefficient (Wildman–Crippen LogP) is 1.67. The zero-order valence-corrected chi connectivity index (χ0v) is 10.8. The van der Waals surface area contributed by atoms with Crippen LogP contribution in [-0.4, -0.2) is 17.9 Å². The monoisotopic (exact) mass is 264 g/mol. The number of benzene rings is 1. The van der Waals surface area contributed by atoms with Crippen LogP contribution in [0, 0.1) is 5.82 Å². The maximum Gasteiger partial charge on any atom is 0.243 e. The standard InChI is InChI=1S/C14H17FN2O2/c1-2-11(9-4-3-5-10(15)8-9)16-12-6-7-13(18)17-14(12)19/h3-5,8,11-12,16H,2,6-7H2,1H3,(H,17,18,19). The Morgan fingerprint density at radius 1 is 1.47 bits per heavy atom. The molecule has 5 heteroatoms. The molecule has 2 rings (SSSR count). The van der Waals surface area contributed by atoms with Crippen LogP contribution in [0.5, 0.6) is 0 Å². The molecule has 0 bridgehead atoms. The molecule has 1 heterocycles. The molecule has 2 N–H and O–H groups in total. The SMILES string of the molecule is CCC(NC1CCC(=O)NC1=O)c1cccc(F)c1. The number of piperidine rings is 1. The third-order valence-corrected chi connectivity index (χ3v) is 3.30. The number of imide groups is 1. The van der Waals surface area contributed by atoms with Gasteiger partial charge < -0.3 is 0 Å². The van der Waals surface area contributed by atoms with Gasteiger partial charge in [-0.15, -0.1) is 0 Å². The molecule has 0 saturated carbocycles. The Kier molecular flexibility index (Phi) is 4.27. The van der Waals surface area contributed by atoms with Gasteiger partial charge in [-0.05, 0) is 30.5 Å². The highest BCUT2D eigenvalue weighted by Gasteiger charge is 2.28. The third kappa shape index (κ3) is 3.38. The molecule has 0 aliphatic carbocycles. The molecule has 1 aliphatic rings. The van der Waals surface area contributed by atoms with Crippen molar-refractivity contribution in [2.75, 3.05) is 0 Å². The lowest BCUT2D eigenvalue weighted by atomic mass is 10.00. The highest BCUT2D eigenvalue weighted by atomic mass is 19.1. The van der Waals surface area contributed by atoms with Crippen LogP contribution in [0.4, 0.5) is 4.39 Å². The first kappa shape index (κ1) is 13.7. The second-order valence-electron chi connectivity index (χ2n) is 4.69. The lowest BCUT2D eigenvalue weighted by molar-refractivity contribution is -0.134. The summed E-state index contributed by atoms with van der Waals surface area (Å²) in [7, 11) is 0. The van der Waals surface area contributed by atoms with E-state index in [2.05, 4.69) is 10.6 Å².